The molecule has 0 saturated heterocycles. The van der Waals surface area contributed by atoms with Gasteiger partial charge in [0.1, 0.15) is 0 Å². The molecule has 316 valence electrons. The van der Waals surface area contributed by atoms with Crippen molar-refractivity contribution in [3.63, 3.8) is 0 Å². The van der Waals surface area contributed by atoms with Crippen LogP contribution in [0.3, 0.4) is 0 Å². The highest BCUT2D eigenvalue weighted by Crippen LogP contribution is 2.44. The van der Waals surface area contributed by atoms with Gasteiger partial charge >= 0.3 is 0 Å². The third kappa shape index (κ3) is 6.87. The van der Waals surface area contributed by atoms with Gasteiger partial charge in [0.25, 0.3) is 0 Å². The van der Waals surface area contributed by atoms with Gasteiger partial charge in [-0.15, -0.1) is 0 Å². The number of nitrogens with zero attached hydrogens (tertiary/aromatic N) is 2. The highest BCUT2D eigenvalue weighted by atomic mass is 28.3. The molecule has 0 unspecified atom stereocenters. The van der Waals surface area contributed by atoms with E-state index in [1.54, 1.807) is 0 Å². The van der Waals surface area contributed by atoms with Gasteiger partial charge in [-0.2, -0.15) is 0 Å². The van der Waals surface area contributed by atoms with Crippen LogP contribution >= 0.6 is 0 Å². The highest BCUT2D eigenvalue weighted by Gasteiger charge is 2.41. The van der Waals surface area contributed by atoms with Crippen molar-refractivity contribution in [1.82, 2.24) is 4.57 Å². The summed E-state index contributed by atoms with van der Waals surface area (Å²) in [5, 5.41) is 10.3. The minimum atomic E-state index is -2.75. The molecule has 3 heteroatoms. The van der Waals surface area contributed by atoms with Crippen molar-refractivity contribution in [3.05, 3.63) is 279 Å². The first-order valence-corrected chi connectivity index (χ1v) is 25.1. The minimum absolute atomic E-state index is 1.09. The lowest BCUT2D eigenvalue weighted by molar-refractivity contribution is 1.18. The fourth-order valence-electron chi connectivity index (χ4n) is 10.6. The van der Waals surface area contributed by atoms with Gasteiger partial charge in [0.2, 0.25) is 0 Å². The largest absolute Gasteiger partial charge is 0.310 e. The Morgan fingerprint density at radius 3 is 1.43 bits per heavy atom. The molecule has 0 aliphatic carbocycles. The molecule has 0 aliphatic rings. The molecule has 1 aromatic heterocycles. The van der Waals surface area contributed by atoms with Gasteiger partial charge in [0, 0.05) is 33.2 Å². The van der Waals surface area contributed by atoms with E-state index in [1.165, 1.54) is 70.0 Å². The maximum atomic E-state index is 2.47. The molecule has 0 saturated carbocycles. The molecule has 0 aliphatic heterocycles. The van der Waals surface area contributed by atoms with Crippen LogP contribution in [0.1, 0.15) is 0 Å². The fraction of sp³-hybridized carbons (Fsp3) is 0. The van der Waals surface area contributed by atoms with E-state index in [4.69, 9.17) is 0 Å². The maximum absolute atomic E-state index is 2.75. The number of benzene rings is 11. The highest BCUT2D eigenvalue weighted by molar-refractivity contribution is 7.19. The van der Waals surface area contributed by atoms with E-state index in [0.717, 1.165) is 28.3 Å². The molecule has 2 nitrogen and oxygen atoms in total. The zero-order chi connectivity index (χ0) is 44.6. The standard InChI is InChI=1S/C64H46N2Si/c1-6-22-47(23-7-1)56-44-45-62(59-35-17-16-34-58(56)59)65(50-40-42-55(43-41-50)67(52-28-10-3-11-29-52,53-30-12-4-13-31-53)54-32-14-5-15-33-54)51-27-20-24-48(46-51)57-37-21-39-63-64(57)60-36-18-19-38-61(60)66(63)49-25-8-2-9-26-49/h1-46H. The first-order chi connectivity index (χ1) is 33.3. The Hall–Kier alpha value is -8.50. The summed E-state index contributed by atoms with van der Waals surface area (Å²) in [5.41, 5.74) is 11.6. The van der Waals surface area contributed by atoms with Crippen LogP contribution in [0.25, 0.3) is 60.5 Å². The van der Waals surface area contributed by atoms with Gasteiger partial charge < -0.3 is 9.47 Å². The number of para-hydroxylation sites is 2. The zero-order valence-electron chi connectivity index (χ0n) is 37.0. The Morgan fingerprint density at radius 2 is 0.791 bits per heavy atom. The molecule has 12 rings (SSSR count). The Morgan fingerprint density at radius 1 is 0.299 bits per heavy atom. The number of anilines is 3. The molecule has 67 heavy (non-hydrogen) atoms. The van der Waals surface area contributed by atoms with E-state index in [1.807, 2.05) is 0 Å². The Kier molecular flexibility index (Phi) is 10.2. The SMILES string of the molecule is c1ccc(-c2ccc(N(c3ccc([Si](c4ccccc4)(c4ccccc4)c4ccccc4)cc3)c3cccc(-c4cccc5c4c4ccccc4n5-c4ccccc4)c3)c3ccccc23)cc1. The van der Waals surface area contributed by atoms with Gasteiger partial charge in [0.05, 0.1) is 16.7 Å². The van der Waals surface area contributed by atoms with Crippen molar-refractivity contribution in [1.29, 1.82) is 0 Å². The topological polar surface area (TPSA) is 8.17 Å². The summed E-state index contributed by atoms with van der Waals surface area (Å²) in [6.07, 6.45) is 0. The maximum Gasteiger partial charge on any atom is 0.179 e. The first kappa shape index (κ1) is 40.0. The second-order valence-electron chi connectivity index (χ2n) is 17.2. The van der Waals surface area contributed by atoms with Crippen LogP contribution in [0.2, 0.25) is 0 Å². The Labute approximate surface area is 392 Å². The van der Waals surface area contributed by atoms with Crippen LogP contribution in [-0.4, -0.2) is 12.6 Å². The number of rotatable bonds is 10. The molecule has 1 heterocycles. The van der Waals surface area contributed by atoms with Crippen molar-refractivity contribution in [3.8, 4) is 27.9 Å². The molecule has 0 N–H and O–H groups in total. The summed E-state index contributed by atoms with van der Waals surface area (Å²) in [6.45, 7) is 0. The van der Waals surface area contributed by atoms with E-state index >= 15 is 0 Å². The molecule has 0 amide bonds. The van der Waals surface area contributed by atoms with Crippen molar-refractivity contribution in [2.24, 2.45) is 0 Å². The monoisotopic (exact) mass is 870 g/mol. The van der Waals surface area contributed by atoms with E-state index in [0.29, 0.717) is 0 Å². The van der Waals surface area contributed by atoms with Gasteiger partial charge in [0.15, 0.2) is 8.07 Å². The Balaban J connectivity index is 1.08. The van der Waals surface area contributed by atoms with Crippen molar-refractivity contribution in [2.45, 2.75) is 0 Å². The predicted molar refractivity (Wildman–Crippen MR) is 287 cm³/mol. The molecular formula is C64H46N2Si. The molecule has 12 aromatic rings. The van der Waals surface area contributed by atoms with E-state index in [-0.39, 0.29) is 0 Å². The molecular weight excluding hydrogens is 825 g/mol. The van der Waals surface area contributed by atoms with Crippen LogP contribution in [0.4, 0.5) is 17.1 Å². The molecule has 11 aromatic carbocycles. The van der Waals surface area contributed by atoms with E-state index < -0.39 is 8.07 Å². The Bertz CT molecular complexity index is 3570. The second kappa shape index (κ2) is 17.1. The lowest BCUT2D eigenvalue weighted by atomic mass is 9.96. The summed E-state index contributed by atoms with van der Waals surface area (Å²) >= 11 is 0. The number of aromatic nitrogens is 1. The normalized spacial score (nSPS) is 11.6. The summed E-state index contributed by atoms with van der Waals surface area (Å²) in [4.78, 5) is 2.47. The average molecular weight is 871 g/mol. The van der Waals surface area contributed by atoms with Crippen LogP contribution < -0.4 is 25.6 Å². The van der Waals surface area contributed by atoms with Crippen molar-refractivity contribution < 1.29 is 0 Å². The van der Waals surface area contributed by atoms with Gasteiger partial charge in [-0.25, -0.2) is 0 Å². The average Bonchev–Trinajstić information content (AvgIpc) is 3.76. The summed E-state index contributed by atoms with van der Waals surface area (Å²) in [7, 11) is -2.75. The number of hydrogen-bond acceptors (Lipinski definition) is 1. The van der Waals surface area contributed by atoms with Crippen LogP contribution in [0.5, 0.6) is 0 Å². The molecule has 0 radical (unpaired) electrons. The first-order valence-electron chi connectivity index (χ1n) is 23.1. The zero-order valence-corrected chi connectivity index (χ0v) is 38.0. The third-order valence-corrected chi connectivity index (χ3v) is 18.3. The summed E-state index contributed by atoms with van der Waals surface area (Å²) in [5.74, 6) is 0. The van der Waals surface area contributed by atoms with Crippen LogP contribution in [0, 0.1) is 0 Å². The molecule has 0 fully saturated rings. The molecule has 0 spiro atoms. The minimum Gasteiger partial charge on any atom is -0.310 e. The van der Waals surface area contributed by atoms with Gasteiger partial charge in [-0.3, -0.25) is 0 Å². The number of fused-ring (bicyclic) bond motifs is 4. The van der Waals surface area contributed by atoms with Crippen molar-refractivity contribution >= 4 is 78.5 Å². The smallest absolute Gasteiger partial charge is 0.179 e. The lowest BCUT2D eigenvalue weighted by Crippen LogP contribution is -2.74. The fourth-order valence-corrected chi connectivity index (χ4v) is 15.4. The molecule has 0 bridgehead atoms. The van der Waals surface area contributed by atoms with E-state index in [2.05, 4.69) is 289 Å². The molecule has 0 atom stereocenters. The van der Waals surface area contributed by atoms with Crippen LogP contribution in [0.15, 0.2) is 279 Å². The van der Waals surface area contributed by atoms with Gasteiger partial charge in [-0.05, 0) is 103 Å². The third-order valence-electron chi connectivity index (χ3n) is 13.5. The summed E-state index contributed by atoms with van der Waals surface area (Å²) < 4.78 is 2.40. The van der Waals surface area contributed by atoms with Crippen molar-refractivity contribution in [2.75, 3.05) is 4.90 Å². The van der Waals surface area contributed by atoms with E-state index in [9.17, 15) is 0 Å². The second-order valence-corrected chi connectivity index (χ2v) is 21.0. The predicted octanol–water partition coefficient (Wildman–Crippen LogP) is 14.1. The summed E-state index contributed by atoms with van der Waals surface area (Å²) in [6, 6.07) is 103. The number of hydrogen-bond donors (Lipinski definition) is 0. The lowest BCUT2D eigenvalue weighted by Gasteiger charge is -2.35. The van der Waals surface area contributed by atoms with Crippen LogP contribution in [-0.2, 0) is 0 Å². The quantitative estimate of drug-likeness (QED) is 0.0982. The van der Waals surface area contributed by atoms with Gasteiger partial charge in [-0.1, -0.05) is 224 Å².